The SMILES string of the molecule is CC1COC(C2CCC(C3CCC(C(F)(F)Oc4cc(F)c(-c5cc(F)c(OC(F)(F)F)c(F)c5)c(F)c4)CC3)CC2)OC1. The molecule has 2 aromatic rings. The van der Waals surface area contributed by atoms with Crippen LogP contribution in [0.2, 0.25) is 0 Å². The van der Waals surface area contributed by atoms with E-state index in [4.69, 9.17) is 14.2 Å². The van der Waals surface area contributed by atoms with Crippen molar-refractivity contribution in [3.8, 4) is 22.6 Å². The van der Waals surface area contributed by atoms with Gasteiger partial charge in [0.05, 0.1) is 24.7 Å². The van der Waals surface area contributed by atoms with Crippen LogP contribution >= 0.6 is 0 Å². The molecule has 13 heteroatoms. The summed E-state index contributed by atoms with van der Waals surface area (Å²) in [6, 6.07) is 1.35. The zero-order valence-electron chi connectivity index (χ0n) is 23.9. The van der Waals surface area contributed by atoms with Crippen molar-refractivity contribution in [1.29, 1.82) is 0 Å². The summed E-state index contributed by atoms with van der Waals surface area (Å²) in [5, 5.41) is 0. The number of rotatable bonds is 7. The smallest absolute Gasteiger partial charge is 0.432 e. The lowest BCUT2D eigenvalue weighted by atomic mass is 9.69. The maximum atomic E-state index is 15.1. The first kappa shape index (κ1) is 32.7. The average Bonchev–Trinajstić information content (AvgIpc) is 2.94. The van der Waals surface area contributed by atoms with E-state index in [0.717, 1.165) is 25.7 Å². The number of ether oxygens (including phenoxy) is 4. The van der Waals surface area contributed by atoms with E-state index in [1.54, 1.807) is 0 Å². The van der Waals surface area contributed by atoms with Gasteiger partial charge in [-0.15, -0.1) is 13.2 Å². The molecule has 0 unspecified atom stereocenters. The second kappa shape index (κ2) is 13.0. The van der Waals surface area contributed by atoms with Gasteiger partial charge in [-0.3, -0.25) is 0 Å². The van der Waals surface area contributed by atoms with Crippen molar-refractivity contribution in [2.45, 2.75) is 77.1 Å². The molecule has 2 saturated carbocycles. The molecule has 0 amide bonds. The first-order valence-corrected chi connectivity index (χ1v) is 14.7. The quantitative estimate of drug-likeness (QED) is 0.283. The maximum Gasteiger partial charge on any atom is 0.573 e. The van der Waals surface area contributed by atoms with Crippen LogP contribution in [0, 0.1) is 52.9 Å². The summed E-state index contributed by atoms with van der Waals surface area (Å²) in [6.45, 7) is 3.45. The van der Waals surface area contributed by atoms with Gasteiger partial charge >= 0.3 is 12.5 Å². The Bertz CT molecular complexity index is 1250. The molecule has 2 aromatic carbocycles. The summed E-state index contributed by atoms with van der Waals surface area (Å²) in [5.74, 6) is -9.14. The molecule has 0 N–H and O–H groups in total. The third kappa shape index (κ3) is 7.58. The van der Waals surface area contributed by atoms with Crippen LogP contribution < -0.4 is 9.47 Å². The summed E-state index contributed by atoms with van der Waals surface area (Å²) >= 11 is 0. The second-order valence-corrected chi connectivity index (χ2v) is 12.2. The average molecular weight is 641 g/mol. The maximum absolute atomic E-state index is 15.1. The van der Waals surface area contributed by atoms with Crippen LogP contribution in [0.3, 0.4) is 0 Å². The number of alkyl halides is 5. The molecule has 44 heavy (non-hydrogen) atoms. The Morgan fingerprint density at radius 2 is 1.11 bits per heavy atom. The Hall–Kier alpha value is -2.67. The molecule has 5 rings (SSSR count). The van der Waals surface area contributed by atoms with Gasteiger partial charge in [0.25, 0.3) is 0 Å². The van der Waals surface area contributed by atoms with Crippen LogP contribution in [0.4, 0.5) is 39.5 Å². The van der Waals surface area contributed by atoms with Gasteiger partial charge in [0, 0.05) is 24.0 Å². The first-order chi connectivity index (χ1) is 20.7. The molecular weight excluding hydrogens is 607 g/mol. The van der Waals surface area contributed by atoms with Crippen molar-refractivity contribution >= 4 is 0 Å². The Labute approximate surface area is 248 Å². The minimum absolute atomic E-state index is 0.165. The third-order valence-electron chi connectivity index (χ3n) is 8.98. The van der Waals surface area contributed by atoms with Crippen molar-refractivity contribution in [2.75, 3.05) is 13.2 Å². The molecule has 0 aromatic heterocycles. The van der Waals surface area contributed by atoms with E-state index in [1.165, 1.54) is 0 Å². The molecule has 1 aliphatic heterocycles. The minimum Gasteiger partial charge on any atom is -0.432 e. The van der Waals surface area contributed by atoms with E-state index in [9.17, 15) is 30.7 Å². The number of hydrogen-bond donors (Lipinski definition) is 0. The summed E-state index contributed by atoms with van der Waals surface area (Å²) in [6.07, 6.45) is -4.00. The highest BCUT2D eigenvalue weighted by Crippen LogP contribution is 2.47. The molecule has 3 fully saturated rings. The molecule has 0 bridgehead atoms. The molecule has 0 radical (unpaired) electrons. The molecular formula is C31H33F9O4. The van der Waals surface area contributed by atoms with Crippen molar-refractivity contribution in [3.05, 3.63) is 47.5 Å². The molecule has 0 atom stereocenters. The molecule has 0 spiro atoms. The molecule has 3 aliphatic rings. The van der Waals surface area contributed by atoms with Crippen molar-refractivity contribution < 1.29 is 58.5 Å². The Balaban J connectivity index is 1.17. The number of hydrogen-bond acceptors (Lipinski definition) is 4. The minimum atomic E-state index is -5.42. The fraction of sp³-hybridized carbons (Fsp3) is 0.613. The lowest BCUT2D eigenvalue weighted by Crippen LogP contribution is -2.40. The fourth-order valence-electron chi connectivity index (χ4n) is 6.74. The first-order valence-electron chi connectivity index (χ1n) is 14.7. The van der Waals surface area contributed by atoms with E-state index >= 15 is 8.78 Å². The van der Waals surface area contributed by atoms with Crippen molar-refractivity contribution in [3.63, 3.8) is 0 Å². The number of halogens is 9. The lowest BCUT2D eigenvalue weighted by molar-refractivity contribution is -0.276. The van der Waals surface area contributed by atoms with Gasteiger partial charge in [0.1, 0.15) is 17.4 Å². The van der Waals surface area contributed by atoms with Gasteiger partial charge < -0.3 is 18.9 Å². The summed E-state index contributed by atoms with van der Waals surface area (Å²) in [7, 11) is 0. The van der Waals surface area contributed by atoms with Gasteiger partial charge in [-0.25, -0.2) is 17.6 Å². The van der Waals surface area contributed by atoms with Crippen LogP contribution in [0.25, 0.3) is 11.1 Å². The van der Waals surface area contributed by atoms with E-state index in [0.29, 0.717) is 61.9 Å². The van der Waals surface area contributed by atoms with E-state index in [-0.39, 0.29) is 31.3 Å². The van der Waals surface area contributed by atoms with Gasteiger partial charge in [-0.1, -0.05) is 6.92 Å². The molecule has 1 heterocycles. The lowest BCUT2D eigenvalue weighted by Gasteiger charge is -2.41. The van der Waals surface area contributed by atoms with E-state index in [1.807, 2.05) is 0 Å². The summed E-state index contributed by atoms with van der Waals surface area (Å²) in [4.78, 5) is 0. The molecule has 4 nitrogen and oxygen atoms in total. The van der Waals surface area contributed by atoms with Gasteiger partial charge in [-0.05, 0) is 80.9 Å². The molecule has 2 aliphatic carbocycles. The van der Waals surface area contributed by atoms with Gasteiger partial charge in [0.15, 0.2) is 17.9 Å². The monoisotopic (exact) mass is 640 g/mol. The second-order valence-electron chi connectivity index (χ2n) is 12.2. The van der Waals surface area contributed by atoms with Crippen LogP contribution in [0.1, 0.15) is 58.3 Å². The summed E-state index contributed by atoms with van der Waals surface area (Å²) in [5.41, 5.74) is -1.84. The largest absolute Gasteiger partial charge is 0.573 e. The highest BCUT2D eigenvalue weighted by molar-refractivity contribution is 5.67. The number of benzene rings is 2. The third-order valence-corrected chi connectivity index (χ3v) is 8.98. The van der Waals surface area contributed by atoms with E-state index < -0.39 is 64.3 Å². The van der Waals surface area contributed by atoms with Crippen LogP contribution in [-0.4, -0.2) is 32.0 Å². The Morgan fingerprint density at radius 3 is 1.61 bits per heavy atom. The van der Waals surface area contributed by atoms with Crippen LogP contribution in [0.15, 0.2) is 24.3 Å². The topological polar surface area (TPSA) is 36.9 Å². The predicted octanol–water partition coefficient (Wildman–Crippen LogP) is 9.40. The zero-order chi connectivity index (χ0) is 31.8. The normalized spacial score (nSPS) is 28.5. The summed E-state index contributed by atoms with van der Waals surface area (Å²) < 4.78 is 145. The fourth-order valence-corrected chi connectivity index (χ4v) is 6.74. The van der Waals surface area contributed by atoms with Gasteiger partial charge in [0.2, 0.25) is 5.75 Å². The molecule has 1 saturated heterocycles. The van der Waals surface area contributed by atoms with Gasteiger partial charge in [-0.2, -0.15) is 8.78 Å². The highest BCUT2D eigenvalue weighted by atomic mass is 19.4. The van der Waals surface area contributed by atoms with Crippen molar-refractivity contribution in [2.24, 2.45) is 29.6 Å². The predicted molar refractivity (Wildman–Crippen MR) is 140 cm³/mol. The van der Waals surface area contributed by atoms with Crippen LogP contribution in [-0.2, 0) is 9.47 Å². The van der Waals surface area contributed by atoms with Crippen LogP contribution in [0.5, 0.6) is 11.5 Å². The van der Waals surface area contributed by atoms with Crippen molar-refractivity contribution in [1.82, 2.24) is 0 Å². The molecule has 244 valence electrons. The standard InChI is InChI=1S/C31H33F9O4/c1-16-14-41-29(42-15-16)19-4-2-17(3-5-19)18-6-8-21(9-7-18)30(36,37)43-22-12-23(32)27(24(33)13-22)20-10-25(34)28(26(35)11-20)44-31(38,39)40/h10-13,16-19,21,29H,2-9,14-15H2,1H3. The Kier molecular flexibility index (Phi) is 9.65. The Morgan fingerprint density at radius 1 is 0.636 bits per heavy atom. The highest BCUT2D eigenvalue weighted by Gasteiger charge is 2.46. The van der Waals surface area contributed by atoms with E-state index in [2.05, 4.69) is 11.7 Å². The zero-order valence-corrected chi connectivity index (χ0v) is 23.9.